The second-order valence-corrected chi connectivity index (χ2v) is 7.05. The summed E-state index contributed by atoms with van der Waals surface area (Å²) in [6, 6.07) is 2.66. The predicted molar refractivity (Wildman–Crippen MR) is 103 cm³/mol. The lowest BCUT2D eigenvalue weighted by Crippen LogP contribution is -2.45. The predicted octanol–water partition coefficient (Wildman–Crippen LogP) is 2.18. The zero-order valence-electron chi connectivity index (χ0n) is 16.2. The first-order chi connectivity index (χ1) is 12.5. The Hall–Kier alpha value is -2.44. The highest BCUT2D eigenvalue weighted by atomic mass is 15.3. The summed E-state index contributed by atoms with van der Waals surface area (Å²) in [7, 11) is 0. The number of fused-ring (bicyclic) bond motifs is 1. The number of aliphatic imine (C=N–C) groups is 1. The van der Waals surface area contributed by atoms with E-state index >= 15 is 0 Å². The van der Waals surface area contributed by atoms with E-state index in [2.05, 4.69) is 57.2 Å². The molecule has 0 fully saturated rings. The number of hydrogen-bond acceptors (Lipinski definition) is 4. The maximum absolute atomic E-state index is 4.76. The molecule has 3 rings (SSSR count). The summed E-state index contributed by atoms with van der Waals surface area (Å²) in [5.74, 6) is 1.61. The van der Waals surface area contributed by atoms with Gasteiger partial charge >= 0.3 is 0 Å². The SMILES string of the molecule is CCNC(=NCc1ccnc(C)n1)NC1CCc2cn(C(C)C)nc2C1. The molecule has 0 aromatic carbocycles. The molecule has 1 unspecified atom stereocenters. The van der Waals surface area contributed by atoms with Gasteiger partial charge in [-0.1, -0.05) is 0 Å². The van der Waals surface area contributed by atoms with Crippen molar-refractivity contribution in [3.8, 4) is 0 Å². The fourth-order valence-electron chi connectivity index (χ4n) is 3.17. The third-order valence-electron chi connectivity index (χ3n) is 4.54. The minimum atomic E-state index is 0.350. The highest BCUT2D eigenvalue weighted by molar-refractivity contribution is 5.80. The molecule has 0 bridgehead atoms. The summed E-state index contributed by atoms with van der Waals surface area (Å²) >= 11 is 0. The van der Waals surface area contributed by atoms with Crippen LogP contribution in [0.4, 0.5) is 0 Å². The third kappa shape index (κ3) is 4.59. The van der Waals surface area contributed by atoms with Crippen LogP contribution in [0, 0.1) is 6.92 Å². The molecular formula is C19H29N7. The van der Waals surface area contributed by atoms with Gasteiger partial charge in [-0.05, 0) is 52.2 Å². The maximum Gasteiger partial charge on any atom is 0.191 e. The quantitative estimate of drug-likeness (QED) is 0.635. The first kappa shape index (κ1) is 18.4. The highest BCUT2D eigenvalue weighted by Crippen LogP contribution is 2.21. The van der Waals surface area contributed by atoms with Gasteiger partial charge in [-0.2, -0.15) is 5.10 Å². The molecule has 7 nitrogen and oxygen atoms in total. The lowest BCUT2D eigenvalue weighted by atomic mass is 9.94. The molecule has 0 spiro atoms. The van der Waals surface area contributed by atoms with Crippen molar-refractivity contribution in [3.63, 3.8) is 0 Å². The molecule has 1 aliphatic rings. The van der Waals surface area contributed by atoms with Gasteiger partial charge in [-0.15, -0.1) is 0 Å². The van der Waals surface area contributed by atoms with E-state index in [1.807, 2.05) is 13.0 Å². The van der Waals surface area contributed by atoms with E-state index in [0.29, 0.717) is 18.6 Å². The minimum absolute atomic E-state index is 0.350. The molecule has 2 heterocycles. The summed E-state index contributed by atoms with van der Waals surface area (Å²) in [4.78, 5) is 13.2. The molecule has 2 aromatic heterocycles. The maximum atomic E-state index is 4.76. The van der Waals surface area contributed by atoms with Gasteiger partial charge in [0.1, 0.15) is 5.82 Å². The molecule has 140 valence electrons. The monoisotopic (exact) mass is 355 g/mol. The lowest BCUT2D eigenvalue weighted by Gasteiger charge is -2.24. The van der Waals surface area contributed by atoms with Crippen molar-refractivity contribution < 1.29 is 0 Å². The molecule has 0 radical (unpaired) electrons. The van der Waals surface area contributed by atoms with E-state index < -0.39 is 0 Å². The third-order valence-corrected chi connectivity index (χ3v) is 4.54. The first-order valence-corrected chi connectivity index (χ1v) is 9.45. The van der Waals surface area contributed by atoms with Gasteiger partial charge in [-0.3, -0.25) is 4.68 Å². The van der Waals surface area contributed by atoms with Crippen LogP contribution in [0.25, 0.3) is 0 Å². The Morgan fingerprint density at radius 3 is 3.00 bits per heavy atom. The Bertz CT molecular complexity index is 763. The minimum Gasteiger partial charge on any atom is -0.357 e. The summed E-state index contributed by atoms with van der Waals surface area (Å²) in [5.41, 5.74) is 3.52. The average Bonchev–Trinajstić information content (AvgIpc) is 3.04. The molecule has 0 amide bonds. The largest absolute Gasteiger partial charge is 0.357 e. The molecule has 0 aliphatic heterocycles. The number of nitrogens with one attached hydrogen (secondary N) is 2. The topological polar surface area (TPSA) is 80.0 Å². The number of nitrogens with zero attached hydrogens (tertiary/aromatic N) is 5. The Kier molecular flexibility index (Phi) is 5.85. The fourth-order valence-corrected chi connectivity index (χ4v) is 3.17. The number of hydrogen-bond donors (Lipinski definition) is 2. The lowest BCUT2D eigenvalue weighted by molar-refractivity contribution is 0.499. The van der Waals surface area contributed by atoms with Gasteiger partial charge in [0.15, 0.2) is 5.96 Å². The van der Waals surface area contributed by atoms with E-state index in [1.54, 1.807) is 6.20 Å². The number of aryl methyl sites for hydroxylation is 2. The molecule has 2 aromatic rings. The van der Waals surface area contributed by atoms with Crippen molar-refractivity contribution in [3.05, 3.63) is 41.2 Å². The Morgan fingerprint density at radius 2 is 2.27 bits per heavy atom. The van der Waals surface area contributed by atoms with Gasteiger partial charge in [0.2, 0.25) is 0 Å². The molecular weight excluding hydrogens is 326 g/mol. The van der Waals surface area contributed by atoms with E-state index in [0.717, 1.165) is 43.3 Å². The van der Waals surface area contributed by atoms with Crippen LogP contribution in [0.15, 0.2) is 23.5 Å². The van der Waals surface area contributed by atoms with Crippen molar-refractivity contribution in [2.45, 2.75) is 65.6 Å². The van der Waals surface area contributed by atoms with Gasteiger partial charge < -0.3 is 10.6 Å². The molecule has 26 heavy (non-hydrogen) atoms. The zero-order valence-corrected chi connectivity index (χ0v) is 16.2. The number of guanidine groups is 1. The van der Waals surface area contributed by atoms with Crippen LogP contribution in [-0.4, -0.2) is 38.3 Å². The average molecular weight is 355 g/mol. The van der Waals surface area contributed by atoms with Crippen LogP contribution in [-0.2, 0) is 19.4 Å². The van der Waals surface area contributed by atoms with Crippen LogP contribution >= 0.6 is 0 Å². The van der Waals surface area contributed by atoms with E-state index in [9.17, 15) is 0 Å². The highest BCUT2D eigenvalue weighted by Gasteiger charge is 2.23. The standard InChI is InChI=1S/C19H29N7/c1-5-20-19(22-11-17-8-9-21-14(4)23-17)24-16-7-6-15-12-26(13(2)3)25-18(15)10-16/h8-9,12-13,16H,5-7,10-11H2,1-4H3,(H2,20,22,24). The van der Waals surface area contributed by atoms with Crippen molar-refractivity contribution in [2.75, 3.05) is 6.54 Å². The van der Waals surface area contributed by atoms with Crippen LogP contribution in [0.2, 0.25) is 0 Å². The molecule has 1 atom stereocenters. The number of aromatic nitrogens is 4. The molecule has 1 aliphatic carbocycles. The molecule has 0 saturated heterocycles. The summed E-state index contributed by atoms with van der Waals surface area (Å²) in [5, 5.41) is 11.7. The van der Waals surface area contributed by atoms with Gasteiger partial charge in [0.25, 0.3) is 0 Å². The van der Waals surface area contributed by atoms with E-state index in [4.69, 9.17) is 5.10 Å². The molecule has 0 saturated carbocycles. The first-order valence-electron chi connectivity index (χ1n) is 9.45. The molecule has 7 heteroatoms. The van der Waals surface area contributed by atoms with E-state index in [1.165, 1.54) is 11.3 Å². The smallest absolute Gasteiger partial charge is 0.191 e. The second-order valence-electron chi connectivity index (χ2n) is 7.05. The van der Waals surface area contributed by atoms with Gasteiger partial charge in [-0.25, -0.2) is 15.0 Å². The van der Waals surface area contributed by atoms with Crippen molar-refractivity contribution >= 4 is 5.96 Å². The normalized spacial score (nSPS) is 17.3. The van der Waals surface area contributed by atoms with Crippen molar-refractivity contribution in [1.29, 1.82) is 0 Å². The van der Waals surface area contributed by atoms with Crippen LogP contribution in [0.3, 0.4) is 0 Å². The number of rotatable bonds is 5. The van der Waals surface area contributed by atoms with Crippen LogP contribution in [0.5, 0.6) is 0 Å². The van der Waals surface area contributed by atoms with Crippen molar-refractivity contribution in [1.82, 2.24) is 30.4 Å². The molecule has 2 N–H and O–H groups in total. The summed E-state index contributed by atoms with van der Waals surface area (Å²) in [6.07, 6.45) is 7.07. The second kappa shape index (κ2) is 8.29. The van der Waals surface area contributed by atoms with Crippen LogP contribution in [0.1, 0.15) is 56.0 Å². The summed E-state index contributed by atoms with van der Waals surface area (Å²) in [6.45, 7) is 9.67. The van der Waals surface area contributed by atoms with Gasteiger partial charge in [0.05, 0.1) is 17.9 Å². The zero-order chi connectivity index (χ0) is 18.5. The Balaban J connectivity index is 1.65. The van der Waals surface area contributed by atoms with Crippen LogP contribution < -0.4 is 10.6 Å². The Labute approximate surface area is 155 Å². The summed E-state index contributed by atoms with van der Waals surface area (Å²) < 4.78 is 2.07. The van der Waals surface area contributed by atoms with Crippen molar-refractivity contribution in [2.24, 2.45) is 4.99 Å². The Morgan fingerprint density at radius 1 is 1.42 bits per heavy atom. The fraction of sp³-hybridized carbons (Fsp3) is 0.579. The van der Waals surface area contributed by atoms with Gasteiger partial charge in [0, 0.05) is 37.4 Å². The van der Waals surface area contributed by atoms with E-state index in [-0.39, 0.29) is 0 Å².